The summed E-state index contributed by atoms with van der Waals surface area (Å²) >= 11 is 0. The minimum atomic E-state index is -0.353. The van der Waals surface area contributed by atoms with E-state index in [9.17, 15) is 4.79 Å². The minimum Gasteiger partial charge on any atom is -0.369 e. The fourth-order valence-electron chi connectivity index (χ4n) is 3.17. The molecule has 2 aliphatic carbocycles. The molecule has 1 amide bonds. The van der Waals surface area contributed by atoms with E-state index in [0.717, 1.165) is 24.8 Å². The third-order valence-corrected chi connectivity index (χ3v) is 4.36. The maximum atomic E-state index is 11.4. The van der Waals surface area contributed by atoms with Crippen molar-refractivity contribution in [3.05, 3.63) is 12.2 Å². The molecule has 0 saturated heterocycles. The summed E-state index contributed by atoms with van der Waals surface area (Å²) in [5, 5.41) is 0. The molecule has 72 valence electrons. The zero-order chi connectivity index (χ0) is 9.85. The highest BCUT2D eigenvalue weighted by Crippen LogP contribution is 2.65. The molecule has 2 nitrogen and oxygen atoms in total. The summed E-state index contributed by atoms with van der Waals surface area (Å²) in [6, 6.07) is 0. The molecule has 0 aromatic heterocycles. The summed E-state index contributed by atoms with van der Waals surface area (Å²) in [6.45, 7) is 8.45. The van der Waals surface area contributed by atoms with Crippen LogP contribution in [0.4, 0.5) is 0 Å². The van der Waals surface area contributed by atoms with E-state index in [0.29, 0.717) is 5.92 Å². The van der Waals surface area contributed by atoms with Gasteiger partial charge in [-0.05, 0) is 30.6 Å². The average molecular weight is 179 g/mol. The van der Waals surface area contributed by atoms with Crippen molar-refractivity contribution in [2.45, 2.75) is 33.1 Å². The van der Waals surface area contributed by atoms with Crippen LogP contribution in [0.3, 0.4) is 0 Å². The molecule has 2 N–H and O–H groups in total. The van der Waals surface area contributed by atoms with Crippen LogP contribution < -0.4 is 5.73 Å². The number of carbonyl (C=O) groups excluding carboxylic acids is 1. The van der Waals surface area contributed by atoms with Crippen molar-refractivity contribution in [2.24, 2.45) is 22.5 Å². The van der Waals surface area contributed by atoms with Gasteiger partial charge in [0.25, 0.3) is 0 Å². The zero-order valence-electron chi connectivity index (χ0n) is 8.39. The molecule has 2 heteroatoms. The van der Waals surface area contributed by atoms with Gasteiger partial charge in [0.1, 0.15) is 0 Å². The normalized spacial score (nSPS) is 41.1. The molecule has 0 aromatic rings. The number of primary amides is 1. The standard InChI is InChI=1S/C11H17NO/c1-7-10(2,3)8-4-5-11(7,6-8)9(12)13/h8H,1,4-6H2,2-3H3,(H2,12,13)/t8-,11+/m0/s1. The molecule has 2 fully saturated rings. The Morgan fingerprint density at radius 2 is 2.23 bits per heavy atom. The van der Waals surface area contributed by atoms with Gasteiger partial charge in [0.2, 0.25) is 5.91 Å². The molecule has 2 aliphatic rings. The second-order valence-electron chi connectivity index (χ2n) is 5.09. The Morgan fingerprint density at radius 3 is 2.54 bits per heavy atom. The first-order valence-corrected chi connectivity index (χ1v) is 4.91. The van der Waals surface area contributed by atoms with Gasteiger partial charge in [0.05, 0.1) is 5.41 Å². The smallest absolute Gasteiger partial charge is 0.227 e. The van der Waals surface area contributed by atoms with Crippen molar-refractivity contribution in [2.75, 3.05) is 0 Å². The highest BCUT2D eigenvalue weighted by Gasteiger charge is 2.60. The van der Waals surface area contributed by atoms with E-state index < -0.39 is 0 Å². The molecule has 0 aromatic carbocycles. The molecule has 2 bridgehead atoms. The lowest BCUT2D eigenvalue weighted by molar-refractivity contribution is -0.125. The topological polar surface area (TPSA) is 43.1 Å². The van der Waals surface area contributed by atoms with E-state index in [2.05, 4.69) is 20.4 Å². The second-order valence-corrected chi connectivity index (χ2v) is 5.09. The maximum absolute atomic E-state index is 11.4. The Balaban J connectivity index is 2.46. The number of nitrogens with two attached hydrogens (primary N) is 1. The summed E-state index contributed by atoms with van der Waals surface area (Å²) in [6.07, 6.45) is 3.00. The third kappa shape index (κ3) is 0.812. The lowest BCUT2D eigenvalue weighted by Crippen LogP contribution is -2.37. The van der Waals surface area contributed by atoms with Crippen LogP contribution in [0.25, 0.3) is 0 Å². The minimum absolute atomic E-state index is 0.118. The lowest BCUT2D eigenvalue weighted by atomic mass is 9.68. The van der Waals surface area contributed by atoms with Crippen LogP contribution in [0.2, 0.25) is 0 Å². The predicted molar refractivity (Wildman–Crippen MR) is 51.9 cm³/mol. The second kappa shape index (κ2) is 2.17. The summed E-state index contributed by atoms with van der Waals surface area (Å²) in [7, 11) is 0. The van der Waals surface area contributed by atoms with Gasteiger partial charge in [-0.15, -0.1) is 0 Å². The van der Waals surface area contributed by atoms with Crippen molar-refractivity contribution >= 4 is 5.91 Å². The molecule has 0 aliphatic heterocycles. The predicted octanol–water partition coefficient (Wildman–Crippen LogP) is 1.85. The van der Waals surface area contributed by atoms with Crippen molar-refractivity contribution in [3.63, 3.8) is 0 Å². The first-order chi connectivity index (χ1) is 5.91. The molecule has 2 atom stereocenters. The van der Waals surface area contributed by atoms with Gasteiger partial charge in [-0.3, -0.25) is 4.79 Å². The first-order valence-electron chi connectivity index (χ1n) is 4.91. The van der Waals surface area contributed by atoms with Crippen LogP contribution in [-0.2, 0) is 4.79 Å². The lowest BCUT2D eigenvalue weighted by Gasteiger charge is -2.36. The van der Waals surface area contributed by atoms with Crippen molar-refractivity contribution < 1.29 is 4.79 Å². The van der Waals surface area contributed by atoms with Crippen LogP contribution in [0.15, 0.2) is 12.2 Å². The van der Waals surface area contributed by atoms with Crippen molar-refractivity contribution in [1.82, 2.24) is 0 Å². The Kier molecular flexibility index (Phi) is 1.47. The van der Waals surface area contributed by atoms with Crippen LogP contribution >= 0.6 is 0 Å². The Labute approximate surface area is 79.2 Å². The fraction of sp³-hybridized carbons (Fsp3) is 0.727. The molecule has 0 heterocycles. The number of amides is 1. The Morgan fingerprint density at radius 1 is 1.62 bits per heavy atom. The van der Waals surface area contributed by atoms with Crippen LogP contribution in [0, 0.1) is 16.7 Å². The largest absolute Gasteiger partial charge is 0.369 e. The number of fused-ring (bicyclic) bond motifs is 2. The van der Waals surface area contributed by atoms with Crippen LogP contribution in [0.1, 0.15) is 33.1 Å². The first kappa shape index (κ1) is 8.79. The Hall–Kier alpha value is -0.790. The van der Waals surface area contributed by atoms with E-state index in [4.69, 9.17) is 5.73 Å². The SMILES string of the molecule is C=C1C(C)(C)[C@H]2CC[C@@]1(C(N)=O)C2. The summed E-state index contributed by atoms with van der Waals surface area (Å²) < 4.78 is 0. The van der Waals surface area contributed by atoms with Gasteiger partial charge in [0, 0.05) is 0 Å². The number of hydrogen-bond acceptors (Lipinski definition) is 1. The molecular formula is C11H17NO. The molecular weight excluding hydrogens is 162 g/mol. The number of hydrogen-bond donors (Lipinski definition) is 1. The Bertz CT molecular complexity index is 292. The molecule has 0 radical (unpaired) electrons. The molecule has 13 heavy (non-hydrogen) atoms. The van der Waals surface area contributed by atoms with Gasteiger partial charge in [-0.1, -0.05) is 26.0 Å². The van der Waals surface area contributed by atoms with Gasteiger partial charge >= 0.3 is 0 Å². The number of carbonyl (C=O) groups is 1. The molecule has 2 rings (SSSR count). The molecule has 0 spiro atoms. The van der Waals surface area contributed by atoms with Crippen LogP contribution in [0.5, 0.6) is 0 Å². The maximum Gasteiger partial charge on any atom is 0.227 e. The van der Waals surface area contributed by atoms with Crippen LogP contribution in [-0.4, -0.2) is 5.91 Å². The molecule has 0 unspecified atom stereocenters. The van der Waals surface area contributed by atoms with Gasteiger partial charge in [0.15, 0.2) is 0 Å². The zero-order valence-corrected chi connectivity index (χ0v) is 8.39. The molecule has 2 saturated carbocycles. The van der Waals surface area contributed by atoms with Gasteiger partial charge in [-0.2, -0.15) is 0 Å². The highest BCUT2D eigenvalue weighted by atomic mass is 16.1. The van der Waals surface area contributed by atoms with Crippen molar-refractivity contribution in [1.29, 1.82) is 0 Å². The van der Waals surface area contributed by atoms with E-state index in [-0.39, 0.29) is 16.7 Å². The number of rotatable bonds is 1. The summed E-state index contributed by atoms with van der Waals surface area (Å²) in [5.74, 6) is 0.457. The van der Waals surface area contributed by atoms with Gasteiger partial charge < -0.3 is 5.73 Å². The fourth-order valence-corrected chi connectivity index (χ4v) is 3.17. The van der Waals surface area contributed by atoms with E-state index in [1.165, 1.54) is 0 Å². The van der Waals surface area contributed by atoms with E-state index in [1.807, 2.05) is 0 Å². The monoisotopic (exact) mass is 179 g/mol. The van der Waals surface area contributed by atoms with Gasteiger partial charge in [-0.25, -0.2) is 0 Å². The summed E-state index contributed by atoms with van der Waals surface area (Å²) in [5.41, 5.74) is 6.32. The van der Waals surface area contributed by atoms with Crippen molar-refractivity contribution in [3.8, 4) is 0 Å². The third-order valence-electron chi connectivity index (χ3n) is 4.36. The average Bonchev–Trinajstić information content (AvgIpc) is 2.53. The quantitative estimate of drug-likeness (QED) is 0.613. The van der Waals surface area contributed by atoms with E-state index >= 15 is 0 Å². The summed E-state index contributed by atoms with van der Waals surface area (Å²) in [4.78, 5) is 11.4. The van der Waals surface area contributed by atoms with E-state index in [1.54, 1.807) is 0 Å². The highest BCUT2D eigenvalue weighted by molar-refractivity contribution is 5.86.